The number of nitrogens with zero attached hydrogens (tertiary/aromatic N) is 5. The third-order valence-corrected chi connectivity index (χ3v) is 8.66. The van der Waals surface area contributed by atoms with Gasteiger partial charge in [0.2, 0.25) is 16.0 Å². The maximum absolute atomic E-state index is 12.8. The van der Waals surface area contributed by atoms with Crippen LogP contribution in [0.15, 0.2) is 29.7 Å². The van der Waals surface area contributed by atoms with E-state index in [1.54, 1.807) is 19.4 Å². The predicted molar refractivity (Wildman–Crippen MR) is 131 cm³/mol. The maximum atomic E-state index is 12.8. The Hall–Kier alpha value is -2.94. The number of carbonyl (C=O) groups excluding carboxylic acids is 1. The van der Waals surface area contributed by atoms with Gasteiger partial charge in [-0.3, -0.25) is 4.68 Å². The number of nitrogens with one attached hydrogen (secondary N) is 2. The number of sulfonamides is 1. The van der Waals surface area contributed by atoms with E-state index in [4.69, 9.17) is 4.74 Å². The molecule has 2 aromatic rings. The summed E-state index contributed by atoms with van der Waals surface area (Å²) in [5.41, 5.74) is 0.893. The fraction of sp³-hybridized carbons (Fsp3) is 0.652. The van der Waals surface area contributed by atoms with Crippen LogP contribution in [-0.2, 0) is 21.8 Å². The molecule has 210 valence electrons. The first-order valence-electron chi connectivity index (χ1n) is 12.5. The molecule has 1 aliphatic carbocycles. The summed E-state index contributed by atoms with van der Waals surface area (Å²) in [5, 5.41) is 9.44. The lowest BCUT2D eigenvalue weighted by Gasteiger charge is -2.31. The highest BCUT2D eigenvalue weighted by molar-refractivity contribution is 7.89. The molecule has 0 radical (unpaired) electrons. The van der Waals surface area contributed by atoms with Crippen LogP contribution in [0.25, 0.3) is 0 Å². The van der Waals surface area contributed by atoms with Gasteiger partial charge in [-0.25, -0.2) is 23.2 Å². The lowest BCUT2D eigenvalue weighted by atomic mass is 10.0. The fourth-order valence-corrected chi connectivity index (χ4v) is 6.32. The van der Waals surface area contributed by atoms with Gasteiger partial charge in [0.1, 0.15) is 11.0 Å². The van der Waals surface area contributed by atoms with E-state index in [9.17, 15) is 26.4 Å². The minimum Gasteiger partial charge on any atom is -0.446 e. The number of aromatic nitrogens is 4. The van der Waals surface area contributed by atoms with Crippen LogP contribution in [-0.4, -0.2) is 76.0 Å². The maximum Gasteiger partial charge on any atom is 0.407 e. The second-order valence-corrected chi connectivity index (χ2v) is 11.9. The van der Waals surface area contributed by atoms with Crippen molar-refractivity contribution in [2.24, 2.45) is 7.05 Å². The second-order valence-electron chi connectivity index (χ2n) is 9.91. The zero-order valence-corrected chi connectivity index (χ0v) is 22.0. The molecule has 0 bridgehead atoms. The van der Waals surface area contributed by atoms with Crippen molar-refractivity contribution in [2.75, 3.05) is 18.4 Å². The number of halogens is 3. The lowest BCUT2D eigenvalue weighted by molar-refractivity contribution is -0.138. The Labute approximate surface area is 219 Å². The molecule has 3 heterocycles. The Bertz CT molecular complexity index is 1200. The zero-order valence-electron chi connectivity index (χ0n) is 21.2. The average Bonchev–Trinajstić information content (AvgIpc) is 3.48. The molecule has 2 N–H and O–H groups in total. The van der Waals surface area contributed by atoms with Gasteiger partial charge in [-0.2, -0.15) is 22.6 Å². The standard InChI is InChI=1S/C23H32F3N7O4S/c1-15(10-23(24,25)26)30-22(34)37-19-4-3-16(9-19)17-11-27-21(28-12-17)31-18-5-7-33(8-6-18)38(35,36)20-13-29-32(2)14-20/h11-16,18-19H,3-10H2,1-2H3,(H,30,34)(H,27,28,31)/t15-,16?,19?/m0/s1. The van der Waals surface area contributed by atoms with Crippen LogP contribution >= 0.6 is 0 Å². The molecule has 0 aromatic carbocycles. The van der Waals surface area contributed by atoms with Crippen molar-refractivity contribution in [3.63, 3.8) is 0 Å². The molecule has 2 aliphatic rings. The first kappa shape index (κ1) is 28.1. The highest BCUT2D eigenvalue weighted by Gasteiger charge is 2.33. The number of anilines is 1. The van der Waals surface area contributed by atoms with E-state index in [1.165, 1.54) is 28.3 Å². The number of piperidine rings is 1. The van der Waals surface area contributed by atoms with Gasteiger partial charge in [0, 0.05) is 50.8 Å². The Morgan fingerprint density at radius 1 is 1.16 bits per heavy atom. The van der Waals surface area contributed by atoms with Gasteiger partial charge in [-0.1, -0.05) is 0 Å². The quantitative estimate of drug-likeness (QED) is 0.504. The number of alkyl halides is 3. The third-order valence-electron chi connectivity index (χ3n) is 6.81. The Kier molecular flexibility index (Phi) is 8.45. The Morgan fingerprint density at radius 3 is 2.45 bits per heavy atom. The van der Waals surface area contributed by atoms with Gasteiger partial charge in [0.15, 0.2) is 0 Å². The number of alkyl carbamates (subject to hydrolysis) is 1. The van der Waals surface area contributed by atoms with Crippen LogP contribution in [0, 0.1) is 0 Å². The largest absolute Gasteiger partial charge is 0.446 e. The molecule has 0 spiro atoms. The molecule has 1 saturated heterocycles. The van der Waals surface area contributed by atoms with E-state index in [0.29, 0.717) is 44.7 Å². The summed E-state index contributed by atoms with van der Waals surface area (Å²) in [4.78, 5) is 20.9. The van der Waals surface area contributed by atoms with Crippen LogP contribution < -0.4 is 10.6 Å². The van der Waals surface area contributed by atoms with Crippen LogP contribution in [0.4, 0.5) is 23.9 Å². The van der Waals surface area contributed by atoms with E-state index in [1.807, 2.05) is 0 Å². The second kappa shape index (κ2) is 11.4. The molecule has 15 heteroatoms. The number of carbonyl (C=O) groups is 1. The summed E-state index contributed by atoms with van der Waals surface area (Å²) < 4.78 is 71.1. The highest BCUT2D eigenvalue weighted by atomic mass is 32.2. The zero-order chi connectivity index (χ0) is 27.5. The van der Waals surface area contributed by atoms with E-state index < -0.39 is 34.8 Å². The van der Waals surface area contributed by atoms with Crippen LogP contribution in [0.2, 0.25) is 0 Å². The molecule has 3 atom stereocenters. The smallest absolute Gasteiger partial charge is 0.407 e. The molecule has 1 aliphatic heterocycles. The van der Waals surface area contributed by atoms with Crippen LogP contribution in [0.3, 0.4) is 0 Å². The van der Waals surface area contributed by atoms with Crippen molar-refractivity contribution < 1.29 is 31.1 Å². The van der Waals surface area contributed by atoms with Crippen molar-refractivity contribution in [3.8, 4) is 0 Å². The summed E-state index contributed by atoms with van der Waals surface area (Å²) in [5.74, 6) is 0.529. The number of amides is 1. The van der Waals surface area contributed by atoms with Crippen molar-refractivity contribution >= 4 is 22.1 Å². The topological polar surface area (TPSA) is 131 Å². The van der Waals surface area contributed by atoms with Crippen molar-refractivity contribution in [2.45, 2.75) is 80.6 Å². The number of ether oxygens (including phenoxy) is 1. The predicted octanol–water partition coefficient (Wildman–Crippen LogP) is 3.18. The normalized spacial score (nSPS) is 22.2. The molecule has 1 saturated carbocycles. The Morgan fingerprint density at radius 2 is 1.84 bits per heavy atom. The average molecular weight is 560 g/mol. The minimum atomic E-state index is -4.36. The monoisotopic (exact) mass is 559 g/mol. The molecular weight excluding hydrogens is 527 g/mol. The molecular formula is C23H32F3N7O4S. The number of hydrogen-bond donors (Lipinski definition) is 2. The van der Waals surface area contributed by atoms with Gasteiger partial charge in [0.25, 0.3) is 0 Å². The summed E-state index contributed by atoms with van der Waals surface area (Å²) in [6, 6.07) is -1.03. The third kappa shape index (κ3) is 7.34. The first-order valence-corrected chi connectivity index (χ1v) is 13.9. The van der Waals surface area contributed by atoms with Crippen molar-refractivity contribution in [1.29, 1.82) is 0 Å². The van der Waals surface area contributed by atoms with Crippen LogP contribution in [0.1, 0.15) is 56.9 Å². The molecule has 38 heavy (non-hydrogen) atoms. The fourth-order valence-electron chi connectivity index (χ4n) is 4.86. The van der Waals surface area contributed by atoms with Gasteiger partial charge in [-0.15, -0.1) is 0 Å². The number of aryl methyl sites for hydroxylation is 1. The summed E-state index contributed by atoms with van der Waals surface area (Å²) in [7, 11) is -1.90. The molecule has 1 amide bonds. The van der Waals surface area contributed by atoms with Gasteiger partial charge in [-0.05, 0) is 50.5 Å². The van der Waals surface area contributed by atoms with Gasteiger partial charge in [0.05, 0.1) is 12.6 Å². The molecule has 2 aromatic heterocycles. The van der Waals surface area contributed by atoms with Gasteiger partial charge < -0.3 is 15.4 Å². The molecule has 2 unspecified atom stereocenters. The Balaban J connectivity index is 1.22. The molecule has 4 rings (SSSR count). The molecule has 11 nitrogen and oxygen atoms in total. The van der Waals surface area contributed by atoms with Crippen LogP contribution in [0.5, 0.6) is 0 Å². The number of rotatable bonds is 8. The number of hydrogen-bond acceptors (Lipinski definition) is 8. The first-order chi connectivity index (χ1) is 17.9. The molecule has 2 fully saturated rings. The lowest BCUT2D eigenvalue weighted by Crippen LogP contribution is -2.42. The summed E-state index contributed by atoms with van der Waals surface area (Å²) >= 11 is 0. The van der Waals surface area contributed by atoms with E-state index in [-0.39, 0.29) is 23.0 Å². The van der Waals surface area contributed by atoms with Crippen molar-refractivity contribution in [3.05, 3.63) is 30.4 Å². The highest BCUT2D eigenvalue weighted by Crippen LogP contribution is 2.36. The van der Waals surface area contributed by atoms with Gasteiger partial charge >= 0.3 is 12.3 Å². The minimum absolute atomic E-state index is 0.0312. The summed E-state index contributed by atoms with van der Waals surface area (Å²) in [6.07, 6.45) is 2.68. The summed E-state index contributed by atoms with van der Waals surface area (Å²) in [6.45, 7) is 2.03. The SMILES string of the molecule is C[C@@H](CC(F)(F)F)NC(=O)OC1CCC(c2cnc(NC3CCN(S(=O)(=O)c4cnn(C)c4)CC3)nc2)C1. The van der Waals surface area contributed by atoms with E-state index in [2.05, 4.69) is 25.7 Å². The van der Waals surface area contributed by atoms with E-state index >= 15 is 0 Å². The van der Waals surface area contributed by atoms with Crippen molar-refractivity contribution in [1.82, 2.24) is 29.4 Å². The van der Waals surface area contributed by atoms with E-state index in [0.717, 1.165) is 12.0 Å².